The number of nitrogens with zero attached hydrogens (tertiary/aromatic N) is 1. The number of rotatable bonds is 4. The molecule has 1 aromatic rings. The molecule has 74 valence electrons. The number of nitrogens with one attached hydrogen (secondary N) is 1. The molecule has 14 heavy (non-hydrogen) atoms. The highest BCUT2D eigenvalue weighted by Crippen LogP contribution is 2.02. The number of aromatic nitrogens is 1. The quantitative estimate of drug-likeness (QED) is 0.420. The Labute approximate surface area is 84.7 Å². The highest BCUT2D eigenvalue weighted by Gasteiger charge is 2.05. The molecule has 0 aliphatic carbocycles. The smallest absolute Gasteiger partial charge is 0.0360 e. The molecule has 1 unspecified atom stereocenters. The zero-order valence-corrected chi connectivity index (χ0v) is 8.33. The van der Waals surface area contributed by atoms with Crippen molar-refractivity contribution in [3.8, 4) is 11.8 Å². The van der Waals surface area contributed by atoms with Gasteiger partial charge in [0.25, 0.3) is 0 Å². The van der Waals surface area contributed by atoms with Gasteiger partial charge in [-0.2, -0.15) is 0 Å². The van der Waals surface area contributed by atoms with E-state index in [1.54, 1.807) is 6.20 Å². The van der Waals surface area contributed by atoms with Gasteiger partial charge in [0.1, 0.15) is 0 Å². The van der Waals surface area contributed by atoms with E-state index in [0.717, 1.165) is 12.8 Å². The van der Waals surface area contributed by atoms with Gasteiger partial charge in [0.2, 0.25) is 0 Å². The van der Waals surface area contributed by atoms with Crippen molar-refractivity contribution in [1.82, 2.24) is 10.4 Å². The van der Waals surface area contributed by atoms with Gasteiger partial charge < -0.3 is 0 Å². The predicted octanol–water partition coefficient (Wildman–Crippen LogP) is 0.869. The number of hydrogen-bond acceptors (Lipinski definition) is 3. The monoisotopic (exact) mass is 189 g/mol. The molecular weight excluding hydrogens is 174 g/mol. The van der Waals surface area contributed by atoms with Gasteiger partial charge in [-0.05, 0) is 25.0 Å². The SMILES string of the molecule is CC#CCC(Cc1cccnc1)NN. The van der Waals surface area contributed by atoms with E-state index < -0.39 is 0 Å². The normalized spacial score (nSPS) is 11.6. The van der Waals surface area contributed by atoms with Crippen LogP contribution in [0.3, 0.4) is 0 Å². The van der Waals surface area contributed by atoms with Crippen LogP contribution in [0.5, 0.6) is 0 Å². The summed E-state index contributed by atoms with van der Waals surface area (Å²) < 4.78 is 0. The van der Waals surface area contributed by atoms with Crippen molar-refractivity contribution in [3.05, 3.63) is 30.1 Å². The molecule has 3 nitrogen and oxygen atoms in total. The van der Waals surface area contributed by atoms with Crippen LogP contribution in [0.1, 0.15) is 18.9 Å². The van der Waals surface area contributed by atoms with Gasteiger partial charge in [0.15, 0.2) is 0 Å². The fourth-order valence-corrected chi connectivity index (χ4v) is 1.22. The van der Waals surface area contributed by atoms with Gasteiger partial charge in [-0.1, -0.05) is 6.07 Å². The summed E-state index contributed by atoms with van der Waals surface area (Å²) in [6.45, 7) is 1.83. The molecule has 0 aliphatic rings. The Hall–Kier alpha value is -1.37. The van der Waals surface area contributed by atoms with Crippen LogP contribution in [0.25, 0.3) is 0 Å². The summed E-state index contributed by atoms with van der Waals surface area (Å²) in [4.78, 5) is 4.05. The van der Waals surface area contributed by atoms with Crippen molar-refractivity contribution in [3.63, 3.8) is 0 Å². The molecule has 0 saturated carbocycles. The third kappa shape index (κ3) is 3.56. The molecule has 0 bridgehead atoms. The third-order valence-electron chi connectivity index (χ3n) is 1.97. The van der Waals surface area contributed by atoms with Gasteiger partial charge in [-0.15, -0.1) is 11.8 Å². The number of pyridine rings is 1. The number of nitrogens with two attached hydrogens (primary N) is 1. The Kier molecular flexibility index (Phi) is 4.70. The Bertz CT molecular complexity index is 310. The largest absolute Gasteiger partial charge is 0.271 e. The summed E-state index contributed by atoms with van der Waals surface area (Å²) in [5.74, 6) is 11.3. The minimum Gasteiger partial charge on any atom is -0.271 e. The molecule has 0 aromatic carbocycles. The lowest BCUT2D eigenvalue weighted by atomic mass is 10.1. The van der Waals surface area contributed by atoms with Crippen molar-refractivity contribution in [2.24, 2.45) is 5.84 Å². The molecule has 0 amide bonds. The van der Waals surface area contributed by atoms with Gasteiger partial charge in [-0.3, -0.25) is 16.3 Å². The lowest BCUT2D eigenvalue weighted by Crippen LogP contribution is -2.36. The van der Waals surface area contributed by atoms with Crippen LogP contribution in [0.2, 0.25) is 0 Å². The molecular formula is C11H15N3. The Morgan fingerprint density at radius 3 is 3.07 bits per heavy atom. The maximum absolute atomic E-state index is 5.42. The average Bonchev–Trinajstić information content (AvgIpc) is 2.25. The van der Waals surface area contributed by atoms with E-state index >= 15 is 0 Å². The van der Waals surface area contributed by atoms with E-state index in [0.29, 0.717) is 0 Å². The van der Waals surface area contributed by atoms with E-state index in [-0.39, 0.29) is 6.04 Å². The van der Waals surface area contributed by atoms with Crippen molar-refractivity contribution in [2.75, 3.05) is 0 Å². The summed E-state index contributed by atoms with van der Waals surface area (Å²) in [5, 5.41) is 0. The van der Waals surface area contributed by atoms with Crippen molar-refractivity contribution in [1.29, 1.82) is 0 Å². The summed E-state index contributed by atoms with van der Waals surface area (Å²) in [6, 6.07) is 4.16. The molecule has 0 saturated heterocycles. The fourth-order valence-electron chi connectivity index (χ4n) is 1.22. The summed E-state index contributed by atoms with van der Waals surface area (Å²) in [5.41, 5.74) is 3.93. The predicted molar refractivity (Wildman–Crippen MR) is 57.1 cm³/mol. The van der Waals surface area contributed by atoms with Gasteiger partial charge in [0.05, 0.1) is 0 Å². The number of hydrazine groups is 1. The van der Waals surface area contributed by atoms with Crippen molar-refractivity contribution < 1.29 is 0 Å². The standard InChI is InChI=1S/C11H15N3/c1-2-3-6-11(14-12)8-10-5-4-7-13-9-10/h4-5,7,9,11,14H,6,8,12H2,1H3. The molecule has 1 atom stereocenters. The summed E-state index contributed by atoms with van der Waals surface area (Å²) in [6.07, 6.45) is 5.24. The lowest BCUT2D eigenvalue weighted by Gasteiger charge is -2.11. The maximum atomic E-state index is 5.42. The zero-order valence-electron chi connectivity index (χ0n) is 8.33. The van der Waals surface area contributed by atoms with Crippen LogP contribution < -0.4 is 11.3 Å². The molecule has 0 radical (unpaired) electrons. The molecule has 1 rings (SSSR count). The Morgan fingerprint density at radius 1 is 1.64 bits per heavy atom. The van der Waals surface area contributed by atoms with E-state index in [2.05, 4.69) is 22.3 Å². The van der Waals surface area contributed by atoms with E-state index in [9.17, 15) is 0 Å². The first-order chi connectivity index (χ1) is 6.86. The molecule has 3 heteroatoms. The van der Waals surface area contributed by atoms with Crippen LogP contribution in [-0.4, -0.2) is 11.0 Å². The van der Waals surface area contributed by atoms with Crippen LogP contribution in [-0.2, 0) is 6.42 Å². The zero-order chi connectivity index (χ0) is 10.2. The molecule has 0 aliphatic heterocycles. The Balaban J connectivity index is 2.51. The third-order valence-corrected chi connectivity index (χ3v) is 1.97. The molecule has 1 heterocycles. The second-order valence-electron chi connectivity index (χ2n) is 3.06. The Morgan fingerprint density at radius 2 is 2.50 bits per heavy atom. The molecule has 1 aromatic heterocycles. The fraction of sp³-hybridized carbons (Fsp3) is 0.364. The lowest BCUT2D eigenvalue weighted by molar-refractivity contribution is 0.536. The number of hydrogen-bond donors (Lipinski definition) is 2. The second kappa shape index (κ2) is 6.14. The summed E-state index contributed by atoms with van der Waals surface area (Å²) in [7, 11) is 0. The van der Waals surface area contributed by atoms with Crippen LogP contribution >= 0.6 is 0 Å². The minimum atomic E-state index is 0.201. The van der Waals surface area contributed by atoms with Crippen LogP contribution in [0.15, 0.2) is 24.5 Å². The maximum Gasteiger partial charge on any atom is 0.0360 e. The molecule has 3 N–H and O–H groups in total. The minimum absolute atomic E-state index is 0.201. The first kappa shape index (κ1) is 10.7. The van der Waals surface area contributed by atoms with E-state index in [4.69, 9.17) is 5.84 Å². The van der Waals surface area contributed by atoms with E-state index in [1.807, 2.05) is 25.3 Å². The van der Waals surface area contributed by atoms with Crippen molar-refractivity contribution in [2.45, 2.75) is 25.8 Å². The highest BCUT2D eigenvalue weighted by atomic mass is 15.2. The van der Waals surface area contributed by atoms with Crippen molar-refractivity contribution >= 4 is 0 Å². The topological polar surface area (TPSA) is 50.9 Å². The highest BCUT2D eigenvalue weighted by molar-refractivity contribution is 5.11. The average molecular weight is 189 g/mol. The van der Waals surface area contributed by atoms with Gasteiger partial charge in [0, 0.05) is 24.9 Å². The van der Waals surface area contributed by atoms with Gasteiger partial charge in [-0.25, -0.2) is 0 Å². The summed E-state index contributed by atoms with van der Waals surface area (Å²) >= 11 is 0. The van der Waals surface area contributed by atoms with Crippen LogP contribution in [0.4, 0.5) is 0 Å². The van der Waals surface area contributed by atoms with Crippen LogP contribution in [0, 0.1) is 11.8 Å². The molecule has 0 fully saturated rings. The first-order valence-corrected chi connectivity index (χ1v) is 4.61. The molecule has 0 spiro atoms. The van der Waals surface area contributed by atoms with Gasteiger partial charge >= 0.3 is 0 Å². The van der Waals surface area contributed by atoms with E-state index in [1.165, 1.54) is 5.56 Å². The second-order valence-corrected chi connectivity index (χ2v) is 3.06. The first-order valence-electron chi connectivity index (χ1n) is 4.61.